The molecule has 0 aliphatic heterocycles. The SMILES string of the molecule is O=C(O)C=CC(=O)O.OCCCCO. The first-order valence-corrected chi connectivity index (χ1v) is 3.90. The number of carboxylic acids is 2. The average Bonchev–Trinajstić information content (AvgIpc) is 2.12. The summed E-state index contributed by atoms with van der Waals surface area (Å²) in [4.78, 5) is 19.1. The average molecular weight is 206 g/mol. The first kappa shape index (κ1) is 15.1. The topological polar surface area (TPSA) is 115 Å². The lowest BCUT2D eigenvalue weighted by Gasteiger charge is -1.85. The Labute approximate surface area is 81.1 Å². The van der Waals surface area contributed by atoms with Gasteiger partial charge in [0, 0.05) is 25.4 Å². The highest BCUT2D eigenvalue weighted by Gasteiger charge is 1.88. The van der Waals surface area contributed by atoms with Crippen molar-refractivity contribution in [1.82, 2.24) is 0 Å². The molecule has 0 unspecified atom stereocenters. The highest BCUT2D eigenvalue weighted by atomic mass is 16.4. The molecule has 6 nitrogen and oxygen atoms in total. The number of aliphatic hydroxyl groups is 2. The molecule has 6 heteroatoms. The van der Waals surface area contributed by atoms with Crippen LogP contribution in [-0.2, 0) is 9.59 Å². The van der Waals surface area contributed by atoms with Crippen LogP contribution in [0.5, 0.6) is 0 Å². The summed E-state index contributed by atoms with van der Waals surface area (Å²) in [5, 5.41) is 31.8. The smallest absolute Gasteiger partial charge is 0.328 e. The van der Waals surface area contributed by atoms with Crippen molar-refractivity contribution in [3.05, 3.63) is 12.2 Å². The van der Waals surface area contributed by atoms with Gasteiger partial charge in [-0.25, -0.2) is 9.59 Å². The molecule has 0 rings (SSSR count). The van der Waals surface area contributed by atoms with E-state index in [9.17, 15) is 9.59 Å². The monoisotopic (exact) mass is 206 g/mol. The third-order valence-electron chi connectivity index (χ3n) is 0.935. The van der Waals surface area contributed by atoms with E-state index in [-0.39, 0.29) is 13.2 Å². The maximum Gasteiger partial charge on any atom is 0.328 e. The second-order valence-electron chi connectivity index (χ2n) is 2.16. The van der Waals surface area contributed by atoms with E-state index >= 15 is 0 Å². The second-order valence-corrected chi connectivity index (χ2v) is 2.16. The Morgan fingerprint density at radius 2 is 1.14 bits per heavy atom. The Bertz CT molecular complexity index is 166. The maximum absolute atomic E-state index is 9.55. The molecule has 0 bridgehead atoms. The van der Waals surface area contributed by atoms with E-state index in [1.54, 1.807) is 0 Å². The summed E-state index contributed by atoms with van der Waals surface area (Å²) < 4.78 is 0. The van der Waals surface area contributed by atoms with Crippen molar-refractivity contribution in [2.75, 3.05) is 13.2 Å². The maximum atomic E-state index is 9.55. The fourth-order valence-corrected chi connectivity index (χ4v) is 0.366. The zero-order valence-electron chi connectivity index (χ0n) is 7.59. The van der Waals surface area contributed by atoms with Crippen molar-refractivity contribution in [3.63, 3.8) is 0 Å². The molecule has 0 heterocycles. The van der Waals surface area contributed by atoms with Gasteiger partial charge in [0.25, 0.3) is 0 Å². The highest BCUT2D eigenvalue weighted by molar-refractivity contribution is 5.89. The van der Waals surface area contributed by atoms with E-state index in [1.165, 1.54) is 0 Å². The van der Waals surface area contributed by atoms with Gasteiger partial charge in [-0.1, -0.05) is 0 Å². The number of aliphatic carboxylic acids is 2. The summed E-state index contributed by atoms with van der Waals surface area (Å²) in [6.45, 7) is 0.390. The minimum absolute atomic E-state index is 0.195. The predicted molar refractivity (Wildman–Crippen MR) is 47.8 cm³/mol. The Morgan fingerprint density at radius 1 is 0.857 bits per heavy atom. The molecule has 0 aromatic rings. The molecule has 0 amide bonds. The molecule has 0 aliphatic carbocycles. The lowest BCUT2D eigenvalue weighted by atomic mass is 10.3. The van der Waals surface area contributed by atoms with Gasteiger partial charge in [-0.3, -0.25) is 0 Å². The Hall–Kier alpha value is -1.40. The van der Waals surface area contributed by atoms with Crippen molar-refractivity contribution < 1.29 is 30.0 Å². The summed E-state index contributed by atoms with van der Waals surface area (Å²) >= 11 is 0. The lowest BCUT2D eigenvalue weighted by Crippen LogP contribution is -1.91. The zero-order valence-corrected chi connectivity index (χ0v) is 7.59. The zero-order chi connectivity index (χ0) is 11.4. The molecule has 0 saturated carbocycles. The standard InChI is InChI=1S/C4H4O4.C4H10O2/c5-3(6)1-2-4(7)8;5-3-1-2-4-6/h1-2H,(H,5,6)(H,7,8);5-6H,1-4H2. The van der Waals surface area contributed by atoms with E-state index in [4.69, 9.17) is 20.4 Å². The van der Waals surface area contributed by atoms with Gasteiger partial charge in [-0.05, 0) is 12.8 Å². The summed E-state index contributed by atoms with van der Waals surface area (Å²) in [5.41, 5.74) is 0. The molecule has 0 atom stereocenters. The van der Waals surface area contributed by atoms with Crippen molar-refractivity contribution in [1.29, 1.82) is 0 Å². The minimum Gasteiger partial charge on any atom is -0.478 e. The molecule has 0 aromatic carbocycles. The number of carboxylic acid groups (broad SMARTS) is 2. The van der Waals surface area contributed by atoms with E-state index < -0.39 is 11.9 Å². The lowest BCUT2D eigenvalue weighted by molar-refractivity contribution is -0.134. The van der Waals surface area contributed by atoms with Crippen molar-refractivity contribution >= 4 is 11.9 Å². The highest BCUT2D eigenvalue weighted by Crippen LogP contribution is 1.80. The van der Waals surface area contributed by atoms with Crippen LogP contribution in [0.25, 0.3) is 0 Å². The molecule has 0 fully saturated rings. The van der Waals surface area contributed by atoms with Crippen molar-refractivity contribution in [2.24, 2.45) is 0 Å². The summed E-state index contributed by atoms with van der Waals surface area (Å²) in [6, 6.07) is 0. The summed E-state index contributed by atoms with van der Waals surface area (Å²) in [7, 11) is 0. The molecule has 4 N–H and O–H groups in total. The fourth-order valence-electron chi connectivity index (χ4n) is 0.366. The minimum atomic E-state index is -1.26. The first-order valence-electron chi connectivity index (χ1n) is 3.90. The number of aliphatic hydroxyl groups excluding tert-OH is 2. The molecular formula is C8H14O6. The van der Waals surface area contributed by atoms with Gasteiger partial charge in [0.15, 0.2) is 0 Å². The van der Waals surface area contributed by atoms with E-state index in [1.807, 2.05) is 0 Å². The summed E-state index contributed by atoms with van der Waals surface area (Å²) in [6.07, 6.45) is 2.55. The number of rotatable bonds is 5. The Balaban J connectivity index is 0. The van der Waals surface area contributed by atoms with E-state index in [0.717, 1.165) is 12.8 Å². The van der Waals surface area contributed by atoms with Gasteiger partial charge in [-0.2, -0.15) is 0 Å². The van der Waals surface area contributed by atoms with E-state index in [2.05, 4.69) is 0 Å². The Morgan fingerprint density at radius 3 is 1.29 bits per heavy atom. The van der Waals surface area contributed by atoms with Crippen LogP contribution in [0.2, 0.25) is 0 Å². The van der Waals surface area contributed by atoms with Crippen molar-refractivity contribution in [3.8, 4) is 0 Å². The van der Waals surface area contributed by atoms with Gasteiger partial charge in [0.05, 0.1) is 0 Å². The van der Waals surface area contributed by atoms with Gasteiger partial charge in [0.1, 0.15) is 0 Å². The molecule has 0 aliphatic rings. The van der Waals surface area contributed by atoms with Crippen LogP contribution >= 0.6 is 0 Å². The molecule has 82 valence electrons. The Kier molecular flexibility index (Phi) is 12.5. The van der Waals surface area contributed by atoms with Crippen LogP contribution < -0.4 is 0 Å². The van der Waals surface area contributed by atoms with Crippen LogP contribution in [0, 0.1) is 0 Å². The van der Waals surface area contributed by atoms with Crippen LogP contribution in [0.1, 0.15) is 12.8 Å². The van der Waals surface area contributed by atoms with Gasteiger partial charge in [0.2, 0.25) is 0 Å². The number of unbranched alkanes of at least 4 members (excludes halogenated alkanes) is 1. The quantitative estimate of drug-likeness (QED) is 0.355. The van der Waals surface area contributed by atoms with Crippen LogP contribution in [-0.4, -0.2) is 45.6 Å². The van der Waals surface area contributed by atoms with Gasteiger partial charge in [-0.15, -0.1) is 0 Å². The van der Waals surface area contributed by atoms with Crippen LogP contribution in [0.4, 0.5) is 0 Å². The molecule has 0 aromatic heterocycles. The van der Waals surface area contributed by atoms with Crippen molar-refractivity contribution in [2.45, 2.75) is 12.8 Å². The molecule has 0 spiro atoms. The van der Waals surface area contributed by atoms with Crippen LogP contribution in [0.3, 0.4) is 0 Å². The third-order valence-corrected chi connectivity index (χ3v) is 0.935. The molecule has 0 saturated heterocycles. The third kappa shape index (κ3) is 22.4. The summed E-state index contributed by atoms with van der Waals surface area (Å²) in [5.74, 6) is -2.51. The molecule has 0 radical (unpaired) electrons. The molecule has 14 heavy (non-hydrogen) atoms. The predicted octanol–water partition coefficient (Wildman–Crippen LogP) is -0.537. The second kappa shape index (κ2) is 11.6. The number of hydrogen-bond donors (Lipinski definition) is 4. The number of hydrogen-bond acceptors (Lipinski definition) is 4. The normalized spacial score (nSPS) is 9.29. The van der Waals surface area contributed by atoms with E-state index in [0.29, 0.717) is 12.2 Å². The van der Waals surface area contributed by atoms with Crippen LogP contribution in [0.15, 0.2) is 12.2 Å². The fraction of sp³-hybridized carbons (Fsp3) is 0.500. The van der Waals surface area contributed by atoms with Gasteiger partial charge >= 0.3 is 11.9 Å². The largest absolute Gasteiger partial charge is 0.478 e. The molecular weight excluding hydrogens is 192 g/mol. The first-order chi connectivity index (χ1) is 6.54. The number of carbonyl (C=O) groups is 2. The van der Waals surface area contributed by atoms with Gasteiger partial charge < -0.3 is 20.4 Å².